The molecule has 0 radical (unpaired) electrons. The maximum absolute atomic E-state index is 6.14. The third kappa shape index (κ3) is 2.98. The van der Waals surface area contributed by atoms with E-state index in [2.05, 4.69) is 10.4 Å². The minimum Gasteiger partial charge on any atom is -0.495 e. The van der Waals surface area contributed by atoms with Crippen LogP contribution in [-0.2, 0) is 0 Å². The van der Waals surface area contributed by atoms with E-state index in [0.29, 0.717) is 21.5 Å². The predicted octanol–water partition coefficient (Wildman–Crippen LogP) is 2.95. The third-order valence-electron chi connectivity index (χ3n) is 2.74. The molecule has 0 amide bonds. The van der Waals surface area contributed by atoms with Gasteiger partial charge in [-0.2, -0.15) is 0 Å². The molecule has 1 atom stereocenters. The summed E-state index contributed by atoms with van der Waals surface area (Å²) in [6, 6.07) is 8.60. The van der Waals surface area contributed by atoms with Crippen LogP contribution in [0.1, 0.15) is 17.3 Å². The second kappa shape index (κ2) is 6.21. The average Bonchev–Trinajstić information content (AvgIpc) is 2.43. The molecule has 0 fully saturated rings. The summed E-state index contributed by atoms with van der Waals surface area (Å²) in [6.45, 7) is 0. The van der Waals surface area contributed by atoms with Crippen molar-refractivity contribution in [3.05, 3.63) is 57.8 Å². The molecule has 0 aliphatic rings. The highest BCUT2D eigenvalue weighted by atomic mass is 35.5. The summed E-state index contributed by atoms with van der Waals surface area (Å²) in [7, 11) is 1.56. The van der Waals surface area contributed by atoms with Gasteiger partial charge in [-0.05, 0) is 29.8 Å². The minimum absolute atomic E-state index is 0.333. The van der Waals surface area contributed by atoms with Crippen molar-refractivity contribution in [1.29, 1.82) is 0 Å². The lowest BCUT2D eigenvalue weighted by atomic mass is 10.0. The van der Waals surface area contributed by atoms with Gasteiger partial charge < -0.3 is 4.74 Å². The first-order chi connectivity index (χ1) is 9.17. The zero-order chi connectivity index (χ0) is 13.8. The van der Waals surface area contributed by atoms with Gasteiger partial charge in [0.1, 0.15) is 5.75 Å². The van der Waals surface area contributed by atoms with E-state index >= 15 is 0 Å². The molecular weight excluding hydrogens is 285 g/mol. The molecule has 1 heterocycles. The minimum atomic E-state index is -0.333. The van der Waals surface area contributed by atoms with Crippen molar-refractivity contribution in [1.82, 2.24) is 10.4 Å². The SMILES string of the molecule is COc1cc(C(NN)c2ncccc2Cl)ccc1Cl. The van der Waals surface area contributed by atoms with Crippen molar-refractivity contribution in [2.75, 3.05) is 7.11 Å². The highest BCUT2D eigenvalue weighted by Crippen LogP contribution is 2.31. The Labute approximate surface area is 121 Å². The summed E-state index contributed by atoms with van der Waals surface area (Å²) in [4.78, 5) is 4.26. The number of rotatable bonds is 4. The molecular formula is C13H13Cl2N3O. The molecule has 3 N–H and O–H groups in total. The molecule has 0 spiro atoms. The van der Waals surface area contributed by atoms with Gasteiger partial charge >= 0.3 is 0 Å². The summed E-state index contributed by atoms with van der Waals surface area (Å²) in [6.07, 6.45) is 1.67. The van der Waals surface area contributed by atoms with Crippen LogP contribution in [0, 0.1) is 0 Å². The summed E-state index contributed by atoms with van der Waals surface area (Å²) in [5.41, 5.74) is 4.21. The Morgan fingerprint density at radius 3 is 2.68 bits per heavy atom. The Kier molecular flexibility index (Phi) is 4.61. The number of benzene rings is 1. The van der Waals surface area contributed by atoms with Crippen LogP contribution in [0.15, 0.2) is 36.5 Å². The highest BCUT2D eigenvalue weighted by molar-refractivity contribution is 6.32. The molecule has 1 aromatic heterocycles. The van der Waals surface area contributed by atoms with Crippen molar-refractivity contribution in [2.45, 2.75) is 6.04 Å². The molecule has 0 aliphatic carbocycles. The smallest absolute Gasteiger partial charge is 0.137 e. The van der Waals surface area contributed by atoms with Crippen LogP contribution in [0.5, 0.6) is 5.75 Å². The number of hydrogen-bond acceptors (Lipinski definition) is 4. The van der Waals surface area contributed by atoms with Gasteiger partial charge in [0.05, 0.1) is 28.9 Å². The maximum Gasteiger partial charge on any atom is 0.137 e. The second-order valence-corrected chi connectivity index (χ2v) is 4.68. The molecule has 1 unspecified atom stereocenters. The molecule has 100 valence electrons. The number of hydrazine groups is 1. The summed E-state index contributed by atoms with van der Waals surface area (Å²) in [5, 5.41) is 1.08. The first-order valence-electron chi connectivity index (χ1n) is 5.57. The molecule has 2 aromatic rings. The molecule has 19 heavy (non-hydrogen) atoms. The molecule has 4 nitrogen and oxygen atoms in total. The van der Waals surface area contributed by atoms with Gasteiger partial charge in [0, 0.05) is 6.20 Å². The number of nitrogens with one attached hydrogen (secondary N) is 1. The van der Waals surface area contributed by atoms with Gasteiger partial charge in [0.15, 0.2) is 0 Å². The van der Waals surface area contributed by atoms with Gasteiger partial charge in [-0.3, -0.25) is 10.8 Å². The zero-order valence-electron chi connectivity index (χ0n) is 10.2. The Morgan fingerprint density at radius 1 is 1.26 bits per heavy atom. The number of halogens is 2. The number of aromatic nitrogens is 1. The summed E-state index contributed by atoms with van der Waals surface area (Å²) in [5.74, 6) is 6.19. The fraction of sp³-hybridized carbons (Fsp3) is 0.154. The lowest BCUT2D eigenvalue weighted by Crippen LogP contribution is -2.29. The largest absolute Gasteiger partial charge is 0.495 e. The van der Waals surface area contributed by atoms with Gasteiger partial charge in [-0.1, -0.05) is 29.3 Å². The second-order valence-electron chi connectivity index (χ2n) is 3.86. The monoisotopic (exact) mass is 297 g/mol. The third-order valence-corrected chi connectivity index (χ3v) is 3.37. The van der Waals surface area contributed by atoms with Gasteiger partial charge in [-0.15, -0.1) is 0 Å². The predicted molar refractivity (Wildman–Crippen MR) is 76.4 cm³/mol. The van der Waals surface area contributed by atoms with Gasteiger partial charge in [0.25, 0.3) is 0 Å². The van der Waals surface area contributed by atoms with Gasteiger partial charge in [-0.25, -0.2) is 5.43 Å². The molecule has 6 heteroatoms. The molecule has 1 aromatic carbocycles. The Bertz CT molecular complexity index is 578. The van der Waals surface area contributed by atoms with Crippen molar-refractivity contribution >= 4 is 23.2 Å². The van der Waals surface area contributed by atoms with Crippen LogP contribution in [0.25, 0.3) is 0 Å². The first-order valence-corrected chi connectivity index (χ1v) is 6.33. The Morgan fingerprint density at radius 2 is 2.05 bits per heavy atom. The number of pyridine rings is 1. The fourth-order valence-electron chi connectivity index (χ4n) is 1.80. The molecule has 2 rings (SSSR count). The summed E-state index contributed by atoms with van der Waals surface area (Å²) >= 11 is 12.1. The quantitative estimate of drug-likeness (QED) is 0.673. The van der Waals surface area contributed by atoms with Crippen LogP contribution < -0.4 is 16.0 Å². The van der Waals surface area contributed by atoms with Crippen molar-refractivity contribution in [3.63, 3.8) is 0 Å². The number of methoxy groups -OCH3 is 1. The van der Waals surface area contributed by atoms with Crippen molar-refractivity contribution in [3.8, 4) is 5.75 Å². The number of nitrogens with zero attached hydrogens (tertiary/aromatic N) is 1. The van der Waals surface area contributed by atoms with Crippen LogP contribution in [0.2, 0.25) is 10.0 Å². The lowest BCUT2D eigenvalue weighted by molar-refractivity contribution is 0.414. The van der Waals surface area contributed by atoms with Crippen molar-refractivity contribution < 1.29 is 4.74 Å². The normalized spacial score (nSPS) is 12.2. The lowest BCUT2D eigenvalue weighted by Gasteiger charge is -2.18. The van der Waals surface area contributed by atoms with Crippen molar-refractivity contribution in [2.24, 2.45) is 5.84 Å². The van der Waals surface area contributed by atoms with E-state index in [-0.39, 0.29) is 6.04 Å². The van der Waals surface area contributed by atoms with E-state index in [1.807, 2.05) is 6.07 Å². The molecule has 0 saturated heterocycles. The molecule has 0 saturated carbocycles. The maximum atomic E-state index is 6.14. The Balaban J connectivity index is 2.45. The van der Waals surface area contributed by atoms with Crippen LogP contribution in [0.4, 0.5) is 0 Å². The number of hydrogen-bond donors (Lipinski definition) is 2. The summed E-state index contributed by atoms with van der Waals surface area (Å²) < 4.78 is 5.19. The van der Waals surface area contributed by atoms with E-state index < -0.39 is 0 Å². The van der Waals surface area contributed by atoms with E-state index in [1.165, 1.54) is 0 Å². The van der Waals surface area contributed by atoms with E-state index in [0.717, 1.165) is 5.56 Å². The van der Waals surface area contributed by atoms with E-state index in [4.69, 9.17) is 33.8 Å². The number of nitrogens with two attached hydrogens (primary N) is 1. The first kappa shape index (κ1) is 14.1. The average molecular weight is 298 g/mol. The molecule has 0 bridgehead atoms. The highest BCUT2D eigenvalue weighted by Gasteiger charge is 2.18. The van der Waals surface area contributed by atoms with Crippen LogP contribution in [0.3, 0.4) is 0 Å². The van der Waals surface area contributed by atoms with E-state index in [9.17, 15) is 0 Å². The van der Waals surface area contributed by atoms with Crippen LogP contribution >= 0.6 is 23.2 Å². The number of ether oxygens (including phenoxy) is 1. The Hall–Kier alpha value is -1.33. The molecule has 0 aliphatic heterocycles. The van der Waals surface area contributed by atoms with Crippen LogP contribution in [-0.4, -0.2) is 12.1 Å². The fourth-order valence-corrected chi connectivity index (χ4v) is 2.22. The van der Waals surface area contributed by atoms with Gasteiger partial charge in [0.2, 0.25) is 0 Å². The zero-order valence-corrected chi connectivity index (χ0v) is 11.7. The topological polar surface area (TPSA) is 60.2 Å². The van der Waals surface area contributed by atoms with E-state index in [1.54, 1.807) is 37.6 Å². The standard InChI is InChI=1S/C13H13Cl2N3O/c1-19-11-7-8(4-5-9(11)14)12(18-16)13-10(15)3-2-6-17-13/h2-7,12,18H,16H2,1H3.